The zero-order valence-electron chi connectivity index (χ0n) is 9.57. The molecule has 1 heterocycles. The minimum absolute atomic E-state index is 0.0118. The molecule has 0 fully saturated rings. The summed E-state index contributed by atoms with van der Waals surface area (Å²) >= 11 is 0. The summed E-state index contributed by atoms with van der Waals surface area (Å²) in [6, 6.07) is 7.82. The van der Waals surface area contributed by atoms with Crippen molar-refractivity contribution >= 4 is 10.9 Å². The first-order valence-electron chi connectivity index (χ1n) is 5.33. The second-order valence-electron chi connectivity index (χ2n) is 4.38. The maximum Gasteiger partial charge on any atom is 0.126 e. The first-order chi connectivity index (χ1) is 7.53. The molecule has 3 nitrogen and oxygen atoms in total. The molecule has 0 aliphatic heterocycles. The molecule has 2 rings (SSSR count). The Morgan fingerprint density at radius 1 is 1.44 bits per heavy atom. The van der Waals surface area contributed by atoms with E-state index >= 15 is 0 Å². The lowest BCUT2D eigenvalue weighted by Crippen LogP contribution is -2.31. The molecule has 0 bridgehead atoms. The SMILES string of the molecule is Cn1nc(CC(C)(F)CN)c2ccccc21. The van der Waals surface area contributed by atoms with Crippen LogP contribution in [0.25, 0.3) is 10.9 Å². The van der Waals surface area contributed by atoms with Gasteiger partial charge in [0.05, 0.1) is 11.2 Å². The number of hydrogen-bond acceptors (Lipinski definition) is 2. The van der Waals surface area contributed by atoms with Gasteiger partial charge in [-0.2, -0.15) is 5.10 Å². The van der Waals surface area contributed by atoms with Crippen LogP contribution in [-0.2, 0) is 13.5 Å². The fourth-order valence-electron chi connectivity index (χ4n) is 1.84. The lowest BCUT2D eigenvalue weighted by atomic mass is 10.0. The summed E-state index contributed by atoms with van der Waals surface area (Å²) in [5.41, 5.74) is 5.79. The van der Waals surface area contributed by atoms with Crippen molar-refractivity contribution in [3.63, 3.8) is 0 Å². The average Bonchev–Trinajstić information content (AvgIpc) is 2.56. The molecule has 0 saturated heterocycles. The number of halogens is 1. The van der Waals surface area contributed by atoms with Crippen LogP contribution in [0.15, 0.2) is 24.3 Å². The monoisotopic (exact) mass is 221 g/mol. The maximum atomic E-state index is 13.9. The fourth-order valence-corrected chi connectivity index (χ4v) is 1.84. The summed E-state index contributed by atoms with van der Waals surface area (Å²) in [6.45, 7) is 1.52. The zero-order chi connectivity index (χ0) is 11.8. The van der Waals surface area contributed by atoms with Crippen LogP contribution in [-0.4, -0.2) is 22.0 Å². The fraction of sp³-hybridized carbons (Fsp3) is 0.417. The summed E-state index contributed by atoms with van der Waals surface area (Å²) in [5.74, 6) is 0. The van der Waals surface area contributed by atoms with E-state index < -0.39 is 5.67 Å². The Balaban J connectivity index is 2.46. The van der Waals surface area contributed by atoms with E-state index in [2.05, 4.69) is 5.10 Å². The largest absolute Gasteiger partial charge is 0.328 e. The number of alkyl halides is 1. The minimum atomic E-state index is -1.39. The van der Waals surface area contributed by atoms with Crippen molar-refractivity contribution in [3.8, 4) is 0 Å². The van der Waals surface area contributed by atoms with E-state index in [0.29, 0.717) is 0 Å². The highest BCUT2D eigenvalue weighted by molar-refractivity contribution is 5.81. The number of rotatable bonds is 3. The van der Waals surface area contributed by atoms with Crippen molar-refractivity contribution in [2.75, 3.05) is 6.54 Å². The van der Waals surface area contributed by atoms with Gasteiger partial charge < -0.3 is 5.73 Å². The topological polar surface area (TPSA) is 43.8 Å². The molecule has 0 aliphatic carbocycles. The van der Waals surface area contributed by atoms with Gasteiger partial charge in [0, 0.05) is 25.4 Å². The number of para-hydroxylation sites is 1. The molecule has 2 aromatic rings. The van der Waals surface area contributed by atoms with Crippen molar-refractivity contribution < 1.29 is 4.39 Å². The van der Waals surface area contributed by atoms with Crippen LogP contribution in [0.1, 0.15) is 12.6 Å². The summed E-state index contributed by atoms with van der Waals surface area (Å²) < 4.78 is 15.6. The van der Waals surface area contributed by atoms with E-state index in [-0.39, 0.29) is 13.0 Å². The van der Waals surface area contributed by atoms with E-state index in [1.54, 1.807) is 4.68 Å². The lowest BCUT2D eigenvalue weighted by Gasteiger charge is -2.16. The molecule has 86 valence electrons. The molecule has 2 N–H and O–H groups in total. The molecule has 16 heavy (non-hydrogen) atoms. The van der Waals surface area contributed by atoms with Gasteiger partial charge in [-0.05, 0) is 13.0 Å². The molecule has 0 amide bonds. The van der Waals surface area contributed by atoms with Crippen LogP contribution in [0.5, 0.6) is 0 Å². The van der Waals surface area contributed by atoms with Crippen molar-refractivity contribution in [3.05, 3.63) is 30.0 Å². The maximum absolute atomic E-state index is 13.9. The molecule has 0 radical (unpaired) electrons. The standard InChI is InChI=1S/C12H16FN3/c1-12(13,8-14)7-10-9-5-3-4-6-11(9)16(2)15-10/h3-6H,7-8,14H2,1-2H3. The molecular weight excluding hydrogens is 205 g/mol. The van der Waals surface area contributed by atoms with Gasteiger partial charge in [0.1, 0.15) is 5.67 Å². The van der Waals surface area contributed by atoms with Crippen LogP contribution in [0.2, 0.25) is 0 Å². The van der Waals surface area contributed by atoms with Crippen molar-refractivity contribution in [2.24, 2.45) is 12.8 Å². The van der Waals surface area contributed by atoms with Crippen molar-refractivity contribution in [2.45, 2.75) is 19.0 Å². The second-order valence-corrected chi connectivity index (χ2v) is 4.38. The average molecular weight is 221 g/mol. The minimum Gasteiger partial charge on any atom is -0.328 e. The number of fused-ring (bicyclic) bond motifs is 1. The highest BCUT2D eigenvalue weighted by atomic mass is 19.1. The van der Waals surface area contributed by atoms with Gasteiger partial charge in [-0.25, -0.2) is 4.39 Å². The van der Waals surface area contributed by atoms with Gasteiger partial charge >= 0.3 is 0 Å². The smallest absolute Gasteiger partial charge is 0.126 e. The van der Waals surface area contributed by atoms with Crippen molar-refractivity contribution in [1.82, 2.24) is 9.78 Å². The Morgan fingerprint density at radius 2 is 2.12 bits per heavy atom. The Labute approximate surface area is 94.1 Å². The summed E-state index contributed by atoms with van der Waals surface area (Å²) in [6.07, 6.45) is 0.255. The molecule has 1 unspecified atom stereocenters. The van der Waals surface area contributed by atoms with Gasteiger partial charge in [-0.3, -0.25) is 4.68 Å². The van der Waals surface area contributed by atoms with Crippen molar-refractivity contribution in [1.29, 1.82) is 0 Å². The Morgan fingerprint density at radius 3 is 2.81 bits per heavy atom. The number of nitrogens with zero attached hydrogens (tertiary/aromatic N) is 2. The third-order valence-electron chi connectivity index (χ3n) is 2.80. The molecule has 1 atom stereocenters. The predicted molar refractivity (Wildman–Crippen MR) is 63.0 cm³/mol. The highest BCUT2D eigenvalue weighted by Crippen LogP contribution is 2.23. The third kappa shape index (κ3) is 1.93. The lowest BCUT2D eigenvalue weighted by molar-refractivity contribution is 0.198. The van der Waals surface area contributed by atoms with Gasteiger partial charge in [-0.1, -0.05) is 18.2 Å². The number of aromatic nitrogens is 2. The normalized spacial score (nSPS) is 15.2. The molecule has 1 aromatic carbocycles. The Hall–Kier alpha value is -1.42. The first kappa shape index (κ1) is 11.1. The second kappa shape index (κ2) is 3.87. The molecule has 0 spiro atoms. The van der Waals surface area contributed by atoms with E-state index in [9.17, 15) is 4.39 Å². The van der Waals surface area contributed by atoms with Crippen LogP contribution >= 0.6 is 0 Å². The third-order valence-corrected chi connectivity index (χ3v) is 2.80. The predicted octanol–water partition coefficient (Wildman–Crippen LogP) is 1.80. The van der Waals surface area contributed by atoms with E-state index in [1.807, 2.05) is 31.3 Å². The van der Waals surface area contributed by atoms with E-state index in [0.717, 1.165) is 16.6 Å². The number of aryl methyl sites for hydroxylation is 1. The Kier molecular flexibility index (Phi) is 2.68. The van der Waals surface area contributed by atoms with Crippen LogP contribution in [0.3, 0.4) is 0 Å². The van der Waals surface area contributed by atoms with Crippen LogP contribution < -0.4 is 5.73 Å². The molecule has 4 heteroatoms. The zero-order valence-corrected chi connectivity index (χ0v) is 9.57. The van der Waals surface area contributed by atoms with Gasteiger partial charge in [-0.15, -0.1) is 0 Å². The summed E-state index contributed by atoms with van der Waals surface area (Å²) in [5, 5.41) is 5.35. The highest BCUT2D eigenvalue weighted by Gasteiger charge is 2.24. The van der Waals surface area contributed by atoms with Gasteiger partial charge in [0.15, 0.2) is 0 Å². The molecule has 1 aromatic heterocycles. The molecule has 0 aliphatic rings. The van der Waals surface area contributed by atoms with E-state index in [4.69, 9.17) is 5.73 Å². The number of nitrogens with two attached hydrogens (primary N) is 1. The van der Waals surface area contributed by atoms with Gasteiger partial charge in [0.2, 0.25) is 0 Å². The number of benzene rings is 1. The summed E-state index contributed by atoms with van der Waals surface area (Å²) in [4.78, 5) is 0. The summed E-state index contributed by atoms with van der Waals surface area (Å²) in [7, 11) is 1.86. The van der Waals surface area contributed by atoms with Crippen LogP contribution in [0.4, 0.5) is 4.39 Å². The number of hydrogen-bond donors (Lipinski definition) is 1. The van der Waals surface area contributed by atoms with Crippen LogP contribution in [0, 0.1) is 0 Å². The quantitative estimate of drug-likeness (QED) is 0.859. The molecular formula is C12H16FN3. The molecule has 0 saturated carbocycles. The van der Waals surface area contributed by atoms with Gasteiger partial charge in [0.25, 0.3) is 0 Å². The Bertz CT molecular complexity index is 502. The van der Waals surface area contributed by atoms with E-state index in [1.165, 1.54) is 6.92 Å². The first-order valence-corrected chi connectivity index (χ1v) is 5.33.